The molecule has 0 unspecified atom stereocenters. The number of hydrogen-bond donors (Lipinski definition) is 0. The summed E-state index contributed by atoms with van der Waals surface area (Å²) in [6.45, 7) is 0. The Bertz CT molecular complexity index is 560. The van der Waals surface area contributed by atoms with E-state index in [4.69, 9.17) is 16.3 Å². The number of hydrogen-bond acceptors (Lipinski definition) is 3. The third kappa shape index (κ3) is 3.05. The molecule has 5 heteroatoms. The molecule has 0 saturated carbocycles. The van der Waals surface area contributed by atoms with Crippen LogP contribution in [-0.4, -0.2) is 11.3 Å². The van der Waals surface area contributed by atoms with Crippen LogP contribution in [0.2, 0.25) is 5.02 Å². The highest BCUT2D eigenvalue weighted by Crippen LogP contribution is 2.30. The van der Waals surface area contributed by atoms with Crippen molar-refractivity contribution in [3.63, 3.8) is 0 Å². The summed E-state index contributed by atoms with van der Waals surface area (Å²) in [7, 11) is 0. The zero-order valence-corrected chi connectivity index (χ0v) is 10.9. The topological polar surface area (TPSA) is 39.2 Å². The molecule has 1 aromatic heterocycles. The highest BCUT2D eigenvalue weighted by Gasteiger charge is 2.05. The monoisotopic (exact) mass is 311 g/mol. The number of nitrogens with zero attached hydrogens (tertiary/aromatic N) is 1. The maximum absolute atomic E-state index is 10.6. The fourth-order valence-electron chi connectivity index (χ4n) is 1.25. The summed E-state index contributed by atoms with van der Waals surface area (Å²) in [4.78, 5) is 14.5. The van der Waals surface area contributed by atoms with Gasteiger partial charge in [-0.2, -0.15) is 0 Å². The fourth-order valence-corrected chi connectivity index (χ4v) is 1.82. The van der Waals surface area contributed by atoms with Gasteiger partial charge in [-0.15, -0.1) is 0 Å². The van der Waals surface area contributed by atoms with Crippen LogP contribution in [0, 0.1) is 0 Å². The number of carbonyl (C=O) groups excluding carboxylic acids is 1. The van der Waals surface area contributed by atoms with Crippen molar-refractivity contribution in [1.29, 1.82) is 0 Å². The van der Waals surface area contributed by atoms with E-state index in [1.165, 1.54) is 0 Å². The Morgan fingerprint density at radius 2 is 2.12 bits per heavy atom. The van der Waals surface area contributed by atoms with E-state index >= 15 is 0 Å². The van der Waals surface area contributed by atoms with Crippen LogP contribution >= 0.6 is 27.5 Å². The second-order valence-electron chi connectivity index (χ2n) is 3.25. The van der Waals surface area contributed by atoms with Crippen LogP contribution in [0.15, 0.2) is 41.1 Å². The number of halogens is 2. The van der Waals surface area contributed by atoms with Gasteiger partial charge < -0.3 is 4.74 Å². The highest BCUT2D eigenvalue weighted by atomic mass is 79.9. The van der Waals surface area contributed by atoms with Crippen molar-refractivity contribution >= 4 is 33.8 Å². The molecule has 0 aliphatic rings. The van der Waals surface area contributed by atoms with Crippen molar-refractivity contribution in [3.05, 3.63) is 51.7 Å². The Hall–Kier alpha value is -1.39. The van der Waals surface area contributed by atoms with E-state index in [1.807, 2.05) is 0 Å². The summed E-state index contributed by atoms with van der Waals surface area (Å²) >= 11 is 9.28. The first kappa shape index (κ1) is 12.1. The third-order valence-electron chi connectivity index (χ3n) is 2.00. The van der Waals surface area contributed by atoms with Crippen LogP contribution in [0.4, 0.5) is 0 Å². The molecule has 0 aliphatic carbocycles. The van der Waals surface area contributed by atoms with E-state index in [0.717, 1.165) is 10.8 Å². The third-order valence-corrected chi connectivity index (χ3v) is 2.73. The molecule has 3 nitrogen and oxygen atoms in total. The number of pyridine rings is 1. The van der Waals surface area contributed by atoms with Gasteiger partial charge in [0, 0.05) is 16.2 Å². The van der Waals surface area contributed by atoms with E-state index in [-0.39, 0.29) is 0 Å². The van der Waals surface area contributed by atoms with Gasteiger partial charge in [0.2, 0.25) is 0 Å². The number of benzene rings is 1. The Kier molecular flexibility index (Phi) is 3.76. The molecule has 0 aliphatic heterocycles. The molecule has 0 spiro atoms. The lowest BCUT2D eigenvalue weighted by Crippen LogP contribution is -1.88. The quantitative estimate of drug-likeness (QED) is 0.801. The van der Waals surface area contributed by atoms with E-state index in [1.54, 1.807) is 36.7 Å². The van der Waals surface area contributed by atoms with Crippen molar-refractivity contribution < 1.29 is 9.53 Å². The summed E-state index contributed by atoms with van der Waals surface area (Å²) in [6, 6.07) is 6.61. The first-order valence-corrected chi connectivity index (χ1v) is 5.89. The maximum Gasteiger partial charge on any atom is 0.150 e. The van der Waals surface area contributed by atoms with Crippen molar-refractivity contribution in [3.8, 4) is 11.5 Å². The van der Waals surface area contributed by atoms with Crippen molar-refractivity contribution in [1.82, 2.24) is 4.98 Å². The van der Waals surface area contributed by atoms with Crippen LogP contribution in [0.3, 0.4) is 0 Å². The fraction of sp³-hybridized carbons (Fsp3) is 0. The van der Waals surface area contributed by atoms with E-state index < -0.39 is 0 Å². The molecule has 1 heterocycles. The standard InChI is InChI=1S/C12H7BrClNO2/c13-9-4-10(6-15-5-9)17-12-2-1-8(7-16)3-11(12)14/h1-7H. The Labute approximate surface area is 112 Å². The normalized spacial score (nSPS) is 10.0. The SMILES string of the molecule is O=Cc1ccc(Oc2cncc(Br)c2)c(Cl)c1. The highest BCUT2D eigenvalue weighted by molar-refractivity contribution is 9.10. The smallest absolute Gasteiger partial charge is 0.150 e. The summed E-state index contributed by atoms with van der Waals surface area (Å²) in [5, 5.41) is 0.384. The largest absolute Gasteiger partial charge is 0.454 e. The molecule has 0 bridgehead atoms. The zero-order valence-electron chi connectivity index (χ0n) is 8.56. The molecule has 86 valence electrons. The first-order valence-electron chi connectivity index (χ1n) is 4.72. The van der Waals surface area contributed by atoms with Crippen LogP contribution in [0.5, 0.6) is 11.5 Å². The summed E-state index contributed by atoms with van der Waals surface area (Å²) < 4.78 is 6.36. The van der Waals surface area contributed by atoms with E-state index in [9.17, 15) is 4.79 Å². The average Bonchev–Trinajstić information content (AvgIpc) is 2.32. The van der Waals surface area contributed by atoms with Gasteiger partial charge in [-0.05, 0) is 40.2 Å². The predicted molar refractivity (Wildman–Crippen MR) is 68.9 cm³/mol. The predicted octanol–water partition coefficient (Wildman–Crippen LogP) is 4.10. The number of ether oxygens (including phenoxy) is 1. The van der Waals surface area contributed by atoms with Crippen molar-refractivity contribution in [2.45, 2.75) is 0 Å². The molecule has 1 aromatic carbocycles. The molecule has 17 heavy (non-hydrogen) atoms. The lowest BCUT2D eigenvalue weighted by atomic mass is 10.2. The molecular formula is C12H7BrClNO2. The molecule has 0 N–H and O–H groups in total. The minimum Gasteiger partial charge on any atom is -0.454 e. The summed E-state index contributed by atoms with van der Waals surface area (Å²) in [5.41, 5.74) is 0.509. The minimum absolute atomic E-state index is 0.384. The summed E-state index contributed by atoms with van der Waals surface area (Å²) in [6.07, 6.45) is 3.97. The number of carbonyl (C=O) groups is 1. The molecule has 2 rings (SSSR count). The van der Waals surface area contributed by atoms with Crippen LogP contribution in [-0.2, 0) is 0 Å². The molecule has 0 radical (unpaired) electrons. The van der Waals surface area contributed by atoms with Gasteiger partial charge in [0.1, 0.15) is 17.8 Å². The molecule has 0 atom stereocenters. The average molecular weight is 313 g/mol. The maximum atomic E-state index is 10.6. The molecule has 0 amide bonds. The van der Waals surface area contributed by atoms with Gasteiger partial charge in [-0.3, -0.25) is 9.78 Å². The van der Waals surface area contributed by atoms with E-state index in [0.29, 0.717) is 22.1 Å². The molecule has 0 fully saturated rings. The van der Waals surface area contributed by atoms with Crippen LogP contribution in [0.25, 0.3) is 0 Å². The van der Waals surface area contributed by atoms with Crippen LogP contribution < -0.4 is 4.74 Å². The molecular weight excluding hydrogens is 305 g/mol. The molecule has 2 aromatic rings. The van der Waals surface area contributed by atoms with Crippen molar-refractivity contribution in [2.24, 2.45) is 0 Å². The lowest BCUT2D eigenvalue weighted by molar-refractivity contribution is 0.112. The van der Waals surface area contributed by atoms with Gasteiger partial charge >= 0.3 is 0 Å². The second kappa shape index (κ2) is 5.29. The van der Waals surface area contributed by atoms with Crippen molar-refractivity contribution in [2.75, 3.05) is 0 Å². The van der Waals surface area contributed by atoms with Gasteiger partial charge in [0.05, 0.1) is 11.2 Å². The first-order chi connectivity index (χ1) is 8.19. The lowest BCUT2D eigenvalue weighted by Gasteiger charge is -2.07. The Balaban J connectivity index is 2.27. The minimum atomic E-state index is 0.384. The van der Waals surface area contributed by atoms with Gasteiger partial charge in [0.25, 0.3) is 0 Å². The van der Waals surface area contributed by atoms with E-state index in [2.05, 4.69) is 20.9 Å². The Morgan fingerprint density at radius 3 is 2.76 bits per heavy atom. The number of aromatic nitrogens is 1. The number of aldehydes is 1. The molecule has 0 saturated heterocycles. The summed E-state index contributed by atoms with van der Waals surface area (Å²) in [5.74, 6) is 1.05. The number of rotatable bonds is 3. The van der Waals surface area contributed by atoms with Gasteiger partial charge in [-0.25, -0.2) is 0 Å². The van der Waals surface area contributed by atoms with Crippen LogP contribution in [0.1, 0.15) is 10.4 Å². The second-order valence-corrected chi connectivity index (χ2v) is 4.57. The van der Waals surface area contributed by atoms with Gasteiger partial charge in [0.15, 0.2) is 0 Å². The Morgan fingerprint density at radius 1 is 1.29 bits per heavy atom. The zero-order chi connectivity index (χ0) is 12.3. The van der Waals surface area contributed by atoms with Gasteiger partial charge in [-0.1, -0.05) is 11.6 Å².